The molecule has 0 saturated heterocycles. The van der Waals surface area contributed by atoms with Crippen molar-refractivity contribution >= 4 is 69.4 Å². The second-order valence-corrected chi connectivity index (χ2v) is 8.80. The van der Waals surface area contributed by atoms with Crippen LogP contribution in [-0.4, -0.2) is 23.1 Å². The van der Waals surface area contributed by atoms with Crippen molar-refractivity contribution in [1.82, 2.24) is 9.97 Å². The maximum absolute atomic E-state index is 5.91. The maximum atomic E-state index is 5.91. The molecular formula is C27H36Cl2N6. The van der Waals surface area contributed by atoms with E-state index in [4.69, 9.17) is 11.5 Å². The summed E-state index contributed by atoms with van der Waals surface area (Å²) >= 11 is 0. The number of halogens is 2. The van der Waals surface area contributed by atoms with Gasteiger partial charge >= 0.3 is 0 Å². The predicted molar refractivity (Wildman–Crippen MR) is 156 cm³/mol. The van der Waals surface area contributed by atoms with E-state index in [1.54, 1.807) is 0 Å². The van der Waals surface area contributed by atoms with E-state index in [2.05, 4.69) is 44.9 Å². The molecule has 2 aromatic carbocycles. The van der Waals surface area contributed by atoms with Gasteiger partial charge in [-0.3, -0.25) is 9.97 Å². The number of aromatic nitrogens is 2. The van der Waals surface area contributed by atoms with Gasteiger partial charge in [0.05, 0.1) is 11.0 Å². The standard InChI is InChI=1S/C27H34N6.2ClH/c1-18-14-24(22-10-8-20(28)16-26(22)32-18)30-12-6-4-3-5-7-13-31-25-15-19(2)33-27-17-21(29)9-11-23(25)27;;/h8-11,14-17H,3-7,12-13,28-29H2,1-2H3,(H,30,32)(H,31,33);2*1H. The molecule has 0 bridgehead atoms. The van der Waals surface area contributed by atoms with Crippen LogP contribution in [0.1, 0.15) is 43.5 Å². The zero-order valence-corrected chi connectivity index (χ0v) is 22.1. The molecule has 188 valence electrons. The maximum Gasteiger partial charge on any atom is 0.0746 e. The minimum atomic E-state index is 0. The number of benzene rings is 2. The van der Waals surface area contributed by atoms with Crippen LogP contribution in [0.3, 0.4) is 0 Å². The predicted octanol–water partition coefficient (Wildman–Crippen LogP) is 6.88. The molecule has 0 saturated carbocycles. The van der Waals surface area contributed by atoms with E-state index < -0.39 is 0 Å². The van der Waals surface area contributed by atoms with Gasteiger partial charge in [0.1, 0.15) is 0 Å². The van der Waals surface area contributed by atoms with Crippen LogP contribution >= 0.6 is 24.8 Å². The first-order valence-electron chi connectivity index (χ1n) is 11.8. The number of fused-ring (bicyclic) bond motifs is 2. The van der Waals surface area contributed by atoms with Gasteiger partial charge in [-0.1, -0.05) is 19.3 Å². The van der Waals surface area contributed by atoms with Crippen LogP contribution in [0.2, 0.25) is 0 Å². The Morgan fingerprint density at radius 1 is 0.600 bits per heavy atom. The van der Waals surface area contributed by atoms with Crippen molar-refractivity contribution in [3.05, 3.63) is 59.9 Å². The Balaban J connectivity index is 0.00000216. The van der Waals surface area contributed by atoms with E-state index in [-0.39, 0.29) is 24.8 Å². The summed E-state index contributed by atoms with van der Waals surface area (Å²) in [5.74, 6) is 0. The number of anilines is 4. The Labute approximate surface area is 220 Å². The molecule has 0 radical (unpaired) electrons. The van der Waals surface area contributed by atoms with Gasteiger partial charge in [0.2, 0.25) is 0 Å². The van der Waals surface area contributed by atoms with E-state index in [1.165, 1.54) is 19.3 Å². The monoisotopic (exact) mass is 514 g/mol. The van der Waals surface area contributed by atoms with Crippen LogP contribution in [0.5, 0.6) is 0 Å². The van der Waals surface area contributed by atoms with Crippen molar-refractivity contribution in [1.29, 1.82) is 0 Å². The molecule has 0 atom stereocenters. The Bertz CT molecular complexity index is 1150. The van der Waals surface area contributed by atoms with E-state index in [0.29, 0.717) is 0 Å². The van der Waals surface area contributed by atoms with Gasteiger partial charge in [0.25, 0.3) is 0 Å². The normalized spacial score (nSPS) is 10.6. The average Bonchev–Trinajstić information content (AvgIpc) is 2.76. The lowest BCUT2D eigenvalue weighted by atomic mass is 10.1. The largest absolute Gasteiger partial charge is 0.399 e. The van der Waals surface area contributed by atoms with Crippen LogP contribution < -0.4 is 22.1 Å². The highest BCUT2D eigenvalue weighted by molar-refractivity contribution is 5.94. The third kappa shape index (κ3) is 7.51. The molecule has 0 aliphatic carbocycles. The second-order valence-electron chi connectivity index (χ2n) is 8.80. The molecule has 35 heavy (non-hydrogen) atoms. The summed E-state index contributed by atoms with van der Waals surface area (Å²) in [5, 5.41) is 9.43. The van der Waals surface area contributed by atoms with Crippen LogP contribution in [0.15, 0.2) is 48.5 Å². The minimum Gasteiger partial charge on any atom is -0.399 e. The quantitative estimate of drug-likeness (QED) is 0.136. The number of nitrogens with two attached hydrogens (primary N) is 2. The molecule has 4 rings (SSSR count). The number of hydrogen-bond acceptors (Lipinski definition) is 6. The lowest BCUT2D eigenvalue weighted by Crippen LogP contribution is -2.04. The highest BCUT2D eigenvalue weighted by Crippen LogP contribution is 2.26. The van der Waals surface area contributed by atoms with Gasteiger partial charge in [-0.2, -0.15) is 0 Å². The van der Waals surface area contributed by atoms with Gasteiger partial charge in [0, 0.05) is 58.0 Å². The molecule has 0 amide bonds. The average molecular weight is 516 g/mol. The molecule has 0 aliphatic heterocycles. The fourth-order valence-corrected chi connectivity index (χ4v) is 4.27. The van der Waals surface area contributed by atoms with E-state index >= 15 is 0 Å². The number of nitrogens with one attached hydrogen (secondary N) is 2. The van der Waals surface area contributed by atoms with Gasteiger partial charge in [-0.15, -0.1) is 24.8 Å². The van der Waals surface area contributed by atoms with Gasteiger partial charge in [-0.25, -0.2) is 0 Å². The van der Waals surface area contributed by atoms with Crippen molar-refractivity contribution in [3.63, 3.8) is 0 Å². The van der Waals surface area contributed by atoms with Gasteiger partial charge < -0.3 is 22.1 Å². The number of aryl methyl sites for hydroxylation is 2. The fraction of sp³-hybridized carbons (Fsp3) is 0.333. The zero-order chi connectivity index (χ0) is 23.2. The summed E-state index contributed by atoms with van der Waals surface area (Å²) in [6.07, 6.45) is 5.99. The van der Waals surface area contributed by atoms with E-state index in [0.717, 1.165) is 81.9 Å². The van der Waals surface area contributed by atoms with Crippen molar-refractivity contribution in [2.75, 3.05) is 35.2 Å². The summed E-state index contributed by atoms with van der Waals surface area (Å²) in [6, 6.07) is 16.1. The Morgan fingerprint density at radius 2 is 1.00 bits per heavy atom. The van der Waals surface area contributed by atoms with Crippen molar-refractivity contribution < 1.29 is 0 Å². The number of rotatable bonds is 10. The van der Waals surface area contributed by atoms with Crippen molar-refractivity contribution in [2.24, 2.45) is 0 Å². The molecule has 0 aliphatic rings. The molecule has 0 fully saturated rings. The smallest absolute Gasteiger partial charge is 0.0746 e. The topological polar surface area (TPSA) is 102 Å². The molecule has 8 heteroatoms. The lowest BCUT2D eigenvalue weighted by Gasteiger charge is -2.12. The first-order valence-corrected chi connectivity index (χ1v) is 11.8. The number of pyridine rings is 2. The lowest BCUT2D eigenvalue weighted by molar-refractivity contribution is 0.635. The van der Waals surface area contributed by atoms with Crippen LogP contribution in [0, 0.1) is 13.8 Å². The van der Waals surface area contributed by atoms with Crippen molar-refractivity contribution in [2.45, 2.75) is 46.0 Å². The molecule has 6 nitrogen and oxygen atoms in total. The Morgan fingerprint density at radius 3 is 1.43 bits per heavy atom. The highest BCUT2D eigenvalue weighted by atomic mass is 35.5. The van der Waals surface area contributed by atoms with Crippen LogP contribution in [0.25, 0.3) is 21.8 Å². The minimum absolute atomic E-state index is 0. The summed E-state index contributed by atoms with van der Waals surface area (Å²) < 4.78 is 0. The van der Waals surface area contributed by atoms with Crippen molar-refractivity contribution in [3.8, 4) is 0 Å². The van der Waals surface area contributed by atoms with Crippen LogP contribution in [-0.2, 0) is 0 Å². The summed E-state index contributed by atoms with van der Waals surface area (Å²) in [5.41, 5.74) is 19.5. The molecule has 0 unspecified atom stereocenters. The highest BCUT2D eigenvalue weighted by Gasteiger charge is 2.05. The number of unbranched alkanes of at least 4 members (excludes halogenated alkanes) is 4. The Hall–Kier alpha value is -2.96. The summed E-state index contributed by atoms with van der Waals surface area (Å²) in [7, 11) is 0. The molecule has 2 aromatic heterocycles. The third-order valence-electron chi connectivity index (χ3n) is 5.91. The van der Waals surface area contributed by atoms with E-state index in [9.17, 15) is 0 Å². The summed E-state index contributed by atoms with van der Waals surface area (Å²) in [4.78, 5) is 9.19. The van der Waals surface area contributed by atoms with Gasteiger partial charge in [-0.05, 0) is 75.2 Å². The third-order valence-corrected chi connectivity index (χ3v) is 5.91. The van der Waals surface area contributed by atoms with Gasteiger partial charge in [0.15, 0.2) is 0 Å². The molecule has 2 heterocycles. The zero-order valence-electron chi connectivity index (χ0n) is 20.4. The molecule has 4 aromatic rings. The molecule has 6 N–H and O–H groups in total. The van der Waals surface area contributed by atoms with E-state index in [1.807, 2.05) is 38.1 Å². The molecule has 0 spiro atoms. The molecular weight excluding hydrogens is 479 g/mol. The number of nitrogens with zero attached hydrogens (tertiary/aromatic N) is 2. The van der Waals surface area contributed by atoms with Crippen LogP contribution in [0.4, 0.5) is 22.7 Å². The summed E-state index contributed by atoms with van der Waals surface area (Å²) in [6.45, 7) is 5.97. The SMILES string of the molecule is Cc1cc(NCCCCCCCNc2cc(C)nc3cc(N)ccc23)c2ccc(N)cc2n1.Cl.Cl. The number of hydrogen-bond donors (Lipinski definition) is 4. The first-order chi connectivity index (χ1) is 16.0. The Kier molecular flexibility index (Phi) is 10.7. The second kappa shape index (κ2) is 13.2. The number of nitrogen functional groups attached to an aromatic ring is 2. The fourth-order valence-electron chi connectivity index (χ4n) is 4.27. The first kappa shape index (κ1) is 28.3.